The van der Waals surface area contributed by atoms with Gasteiger partial charge < -0.3 is 10.1 Å². The standard InChI is InChI=1S/C19H22N4O/c1-5-13(3)24-19-14(4)20-11-18(23-19)22-17-9-15-8-6-7-12(2)16(15)10-21-17/h6-11,13H,5H2,1-4H3,(H,21,22,23)/t13-/m1/s1. The number of ether oxygens (including phenoxy) is 1. The Kier molecular flexibility index (Phi) is 4.60. The number of benzene rings is 1. The van der Waals surface area contributed by atoms with Gasteiger partial charge in [0, 0.05) is 11.6 Å². The van der Waals surface area contributed by atoms with E-state index < -0.39 is 0 Å². The van der Waals surface area contributed by atoms with Gasteiger partial charge in [0.05, 0.1) is 18.0 Å². The van der Waals surface area contributed by atoms with E-state index in [-0.39, 0.29) is 6.10 Å². The van der Waals surface area contributed by atoms with Crippen LogP contribution in [0, 0.1) is 13.8 Å². The molecule has 24 heavy (non-hydrogen) atoms. The molecule has 1 aromatic carbocycles. The monoisotopic (exact) mass is 322 g/mol. The Morgan fingerprint density at radius 2 is 1.96 bits per heavy atom. The first-order valence-electron chi connectivity index (χ1n) is 8.19. The molecule has 5 heteroatoms. The second kappa shape index (κ2) is 6.83. The van der Waals surface area contributed by atoms with Gasteiger partial charge in [0.2, 0.25) is 5.88 Å². The summed E-state index contributed by atoms with van der Waals surface area (Å²) < 4.78 is 5.82. The third-order valence-corrected chi connectivity index (χ3v) is 4.04. The molecule has 1 atom stereocenters. The molecule has 0 aliphatic heterocycles. The zero-order valence-corrected chi connectivity index (χ0v) is 14.5. The minimum atomic E-state index is 0.106. The minimum absolute atomic E-state index is 0.106. The van der Waals surface area contributed by atoms with Crippen molar-refractivity contribution < 1.29 is 4.74 Å². The highest BCUT2D eigenvalue weighted by Crippen LogP contribution is 2.23. The molecule has 0 aliphatic rings. The van der Waals surface area contributed by atoms with E-state index in [0.717, 1.165) is 28.7 Å². The third-order valence-electron chi connectivity index (χ3n) is 4.04. The number of rotatable bonds is 5. The molecule has 0 radical (unpaired) electrons. The number of hydrogen-bond donors (Lipinski definition) is 1. The second-order valence-electron chi connectivity index (χ2n) is 5.97. The maximum Gasteiger partial charge on any atom is 0.237 e. The molecule has 5 nitrogen and oxygen atoms in total. The number of fused-ring (bicyclic) bond motifs is 1. The van der Waals surface area contributed by atoms with E-state index in [4.69, 9.17) is 4.74 Å². The van der Waals surface area contributed by atoms with E-state index >= 15 is 0 Å². The molecule has 0 saturated heterocycles. The van der Waals surface area contributed by atoms with Crippen LogP contribution in [-0.2, 0) is 0 Å². The second-order valence-corrected chi connectivity index (χ2v) is 5.97. The number of nitrogens with zero attached hydrogens (tertiary/aromatic N) is 3. The Morgan fingerprint density at radius 3 is 2.75 bits per heavy atom. The van der Waals surface area contributed by atoms with Gasteiger partial charge in [-0.2, -0.15) is 4.98 Å². The Labute approximate surface area is 142 Å². The fourth-order valence-corrected chi connectivity index (χ4v) is 2.40. The number of nitrogens with one attached hydrogen (secondary N) is 1. The molecule has 0 spiro atoms. The zero-order chi connectivity index (χ0) is 17.1. The maximum absolute atomic E-state index is 5.82. The van der Waals surface area contributed by atoms with Crippen LogP contribution >= 0.6 is 0 Å². The topological polar surface area (TPSA) is 59.9 Å². The van der Waals surface area contributed by atoms with Crippen LogP contribution in [0.4, 0.5) is 11.6 Å². The molecule has 2 aromatic heterocycles. The lowest BCUT2D eigenvalue weighted by molar-refractivity contribution is 0.206. The van der Waals surface area contributed by atoms with Crippen LogP contribution in [0.15, 0.2) is 36.7 Å². The number of pyridine rings is 1. The molecule has 3 aromatic rings. The Bertz CT molecular complexity index is 863. The summed E-state index contributed by atoms with van der Waals surface area (Å²) in [5, 5.41) is 5.50. The van der Waals surface area contributed by atoms with Crippen LogP contribution in [0.2, 0.25) is 0 Å². The highest BCUT2D eigenvalue weighted by Gasteiger charge is 2.09. The lowest BCUT2D eigenvalue weighted by Gasteiger charge is -2.14. The average molecular weight is 322 g/mol. The van der Waals surface area contributed by atoms with Crippen LogP contribution in [0.1, 0.15) is 31.5 Å². The predicted molar refractivity (Wildman–Crippen MR) is 96.9 cm³/mol. The van der Waals surface area contributed by atoms with Gasteiger partial charge in [-0.15, -0.1) is 0 Å². The number of hydrogen-bond acceptors (Lipinski definition) is 5. The van der Waals surface area contributed by atoms with Gasteiger partial charge in [-0.05, 0) is 44.2 Å². The molecular formula is C19H22N4O. The van der Waals surface area contributed by atoms with Crippen molar-refractivity contribution in [2.45, 2.75) is 40.2 Å². The van der Waals surface area contributed by atoms with Crippen molar-refractivity contribution in [3.63, 3.8) is 0 Å². The van der Waals surface area contributed by atoms with E-state index in [1.165, 1.54) is 5.56 Å². The normalized spacial score (nSPS) is 12.2. The van der Waals surface area contributed by atoms with Gasteiger partial charge in [0.1, 0.15) is 5.82 Å². The van der Waals surface area contributed by atoms with Gasteiger partial charge in [-0.1, -0.05) is 25.1 Å². The smallest absolute Gasteiger partial charge is 0.237 e. The molecule has 0 unspecified atom stereocenters. The van der Waals surface area contributed by atoms with Crippen molar-refractivity contribution in [1.82, 2.24) is 15.0 Å². The van der Waals surface area contributed by atoms with Gasteiger partial charge in [-0.3, -0.25) is 4.98 Å². The number of anilines is 2. The van der Waals surface area contributed by atoms with Crippen molar-refractivity contribution in [3.8, 4) is 5.88 Å². The molecular weight excluding hydrogens is 300 g/mol. The van der Waals surface area contributed by atoms with Crippen molar-refractivity contribution >= 4 is 22.4 Å². The van der Waals surface area contributed by atoms with E-state index in [0.29, 0.717) is 11.7 Å². The highest BCUT2D eigenvalue weighted by atomic mass is 16.5. The number of aryl methyl sites for hydroxylation is 2. The summed E-state index contributed by atoms with van der Waals surface area (Å²) >= 11 is 0. The minimum Gasteiger partial charge on any atom is -0.473 e. The fraction of sp³-hybridized carbons (Fsp3) is 0.316. The quantitative estimate of drug-likeness (QED) is 0.746. The summed E-state index contributed by atoms with van der Waals surface area (Å²) in [4.78, 5) is 13.4. The van der Waals surface area contributed by atoms with Crippen molar-refractivity contribution in [3.05, 3.63) is 47.9 Å². The van der Waals surface area contributed by atoms with Crippen LogP contribution in [0.5, 0.6) is 5.88 Å². The first kappa shape index (κ1) is 16.2. The fourth-order valence-electron chi connectivity index (χ4n) is 2.40. The van der Waals surface area contributed by atoms with Crippen LogP contribution in [0.3, 0.4) is 0 Å². The maximum atomic E-state index is 5.82. The van der Waals surface area contributed by atoms with E-state index in [1.54, 1.807) is 6.20 Å². The molecule has 0 bridgehead atoms. The number of aromatic nitrogens is 3. The third kappa shape index (κ3) is 3.45. The van der Waals surface area contributed by atoms with E-state index in [1.807, 2.05) is 32.2 Å². The molecule has 3 rings (SSSR count). The average Bonchev–Trinajstić information content (AvgIpc) is 2.58. The lowest BCUT2D eigenvalue weighted by Crippen LogP contribution is -2.13. The molecule has 124 valence electrons. The Hall–Kier alpha value is -2.69. The SMILES string of the molecule is CC[C@@H](C)Oc1nc(Nc2cc3cccc(C)c3cn2)cnc1C. The summed E-state index contributed by atoms with van der Waals surface area (Å²) in [6.45, 7) is 8.08. The summed E-state index contributed by atoms with van der Waals surface area (Å²) in [5.41, 5.74) is 1.99. The molecule has 0 amide bonds. The summed E-state index contributed by atoms with van der Waals surface area (Å²) in [7, 11) is 0. The lowest BCUT2D eigenvalue weighted by atomic mass is 10.1. The van der Waals surface area contributed by atoms with Gasteiger partial charge in [0.15, 0.2) is 5.82 Å². The molecule has 2 heterocycles. The summed E-state index contributed by atoms with van der Waals surface area (Å²) in [6.07, 6.45) is 4.60. The van der Waals surface area contributed by atoms with Crippen molar-refractivity contribution in [2.75, 3.05) is 5.32 Å². The zero-order valence-electron chi connectivity index (χ0n) is 14.5. The van der Waals surface area contributed by atoms with E-state index in [2.05, 4.69) is 46.2 Å². The molecule has 0 fully saturated rings. The Balaban J connectivity index is 1.87. The molecule has 0 saturated carbocycles. The first-order chi connectivity index (χ1) is 11.6. The van der Waals surface area contributed by atoms with Gasteiger partial charge in [0.25, 0.3) is 0 Å². The first-order valence-corrected chi connectivity index (χ1v) is 8.19. The van der Waals surface area contributed by atoms with Crippen molar-refractivity contribution in [2.24, 2.45) is 0 Å². The predicted octanol–water partition coefficient (Wildman–Crippen LogP) is 4.56. The largest absolute Gasteiger partial charge is 0.473 e. The van der Waals surface area contributed by atoms with E-state index in [9.17, 15) is 0 Å². The summed E-state index contributed by atoms with van der Waals surface area (Å²) in [6, 6.07) is 8.22. The Morgan fingerprint density at radius 1 is 1.12 bits per heavy atom. The highest BCUT2D eigenvalue weighted by molar-refractivity contribution is 5.87. The van der Waals surface area contributed by atoms with Gasteiger partial charge >= 0.3 is 0 Å². The summed E-state index contributed by atoms with van der Waals surface area (Å²) in [5.74, 6) is 1.92. The van der Waals surface area contributed by atoms with Crippen LogP contribution in [0.25, 0.3) is 10.8 Å². The molecule has 1 N–H and O–H groups in total. The van der Waals surface area contributed by atoms with Crippen LogP contribution in [-0.4, -0.2) is 21.1 Å². The van der Waals surface area contributed by atoms with Crippen molar-refractivity contribution in [1.29, 1.82) is 0 Å². The van der Waals surface area contributed by atoms with Gasteiger partial charge in [-0.25, -0.2) is 4.98 Å². The molecule has 0 aliphatic carbocycles. The van der Waals surface area contributed by atoms with Crippen LogP contribution < -0.4 is 10.1 Å².